The fraction of sp³-hybridized carbons (Fsp3) is 0.233. The number of nitrogens with one attached hydrogen (secondary N) is 1. The number of anilines is 1. The zero-order chi connectivity index (χ0) is 32.1. The van der Waals surface area contributed by atoms with E-state index < -0.39 is 29.6 Å². The standard InChI is InChI=1S/C30H28F6N4O3/c1-17(2)11-25(21-8-6-7-20(13-21)9-10-27(41)42)28(40-18(3)12-26(39-40)30(34,35)36)38-19(4)37-23-14-22(29(31,32)33)15-24(16-23)43-5/h6-16H,1-5H3,(H,37,38)(H,41,42)/b10-9+,28-25-. The molecule has 43 heavy (non-hydrogen) atoms. The van der Waals surface area contributed by atoms with Gasteiger partial charge in [0.1, 0.15) is 11.6 Å². The Kier molecular flexibility index (Phi) is 9.89. The normalized spacial score (nSPS) is 13.1. The van der Waals surface area contributed by atoms with Crippen molar-refractivity contribution in [3.8, 4) is 5.75 Å². The Balaban J connectivity index is 2.31. The maximum Gasteiger partial charge on any atom is 0.435 e. The molecule has 1 heterocycles. The highest BCUT2D eigenvalue weighted by molar-refractivity contribution is 6.00. The first kappa shape index (κ1) is 32.7. The number of methoxy groups -OCH3 is 1. The predicted octanol–water partition coefficient (Wildman–Crippen LogP) is 8.16. The van der Waals surface area contributed by atoms with Crippen molar-refractivity contribution in [3.05, 3.63) is 94.3 Å². The van der Waals surface area contributed by atoms with E-state index in [1.165, 1.54) is 33.1 Å². The van der Waals surface area contributed by atoms with Crippen LogP contribution in [0.15, 0.2) is 71.2 Å². The van der Waals surface area contributed by atoms with Crippen molar-refractivity contribution in [1.29, 1.82) is 0 Å². The van der Waals surface area contributed by atoms with E-state index in [2.05, 4.69) is 15.4 Å². The summed E-state index contributed by atoms with van der Waals surface area (Å²) in [5, 5.41) is 15.5. The van der Waals surface area contributed by atoms with Crippen molar-refractivity contribution in [3.63, 3.8) is 0 Å². The number of carboxylic acid groups (broad SMARTS) is 1. The molecule has 228 valence electrons. The van der Waals surface area contributed by atoms with Crippen LogP contribution in [0.3, 0.4) is 0 Å². The second kappa shape index (κ2) is 13.0. The highest BCUT2D eigenvalue weighted by Crippen LogP contribution is 2.35. The summed E-state index contributed by atoms with van der Waals surface area (Å²) in [5.41, 5.74) is -0.0816. The average molecular weight is 607 g/mol. The number of carboxylic acids is 1. The molecule has 0 saturated heterocycles. The van der Waals surface area contributed by atoms with Crippen LogP contribution in [0, 0.1) is 6.92 Å². The number of aliphatic imine (C=N–C) groups is 1. The maximum atomic E-state index is 13.6. The van der Waals surface area contributed by atoms with Gasteiger partial charge in [-0.2, -0.15) is 31.4 Å². The molecule has 2 aromatic carbocycles. The van der Waals surface area contributed by atoms with Crippen molar-refractivity contribution < 1.29 is 41.0 Å². The Morgan fingerprint density at radius 3 is 2.28 bits per heavy atom. The molecule has 0 amide bonds. The summed E-state index contributed by atoms with van der Waals surface area (Å²) in [7, 11) is 1.21. The van der Waals surface area contributed by atoms with Crippen molar-refractivity contribution in [1.82, 2.24) is 9.78 Å². The van der Waals surface area contributed by atoms with Crippen LogP contribution in [0.4, 0.5) is 32.0 Å². The Morgan fingerprint density at radius 1 is 1.02 bits per heavy atom. The van der Waals surface area contributed by atoms with Crippen molar-refractivity contribution in [2.45, 2.75) is 40.0 Å². The molecule has 0 atom stereocenters. The molecule has 0 aliphatic heterocycles. The SMILES string of the molecule is COc1cc(N/C(C)=N/C(=C(\C=C(C)C)c2cccc(/C=C/C(=O)O)c2)n2nc(C(F)(F)F)cc2C)cc(C(F)(F)F)c1. The Labute approximate surface area is 243 Å². The van der Waals surface area contributed by atoms with Crippen LogP contribution in [0.2, 0.25) is 0 Å². The number of alkyl halides is 6. The lowest BCUT2D eigenvalue weighted by molar-refractivity contribution is -0.141. The van der Waals surface area contributed by atoms with Gasteiger partial charge in [0.05, 0.1) is 12.7 Å². The lowest BCUT2D eigenvalue weighted by Gasteiger charge is -2.16. The van der Waals surface area contributed by atoms with Crippen LogP contribution in [0.5, 0.6) is 5.75 Å². The first-order chi connectivity index (χ1) is 20.0. The second-order valence-electron chi connectivity index (χ2n) is 9.61. The van der Waals surface area contributed by atoms with Crippen LogP contribution in [0.1, 0.15) is 48.8 Å². The van der Waals surface area contributed by atoms with Gasteiger partial charge in [0.15, 0.2) is 11.5 Å². The zero-order valence-electron chi connectivity index (χ0n) is 23.7. The Bertz CT molecular complexity index is 1630. The van der Waals surface area contributed by atoms with E-state index in [0.717, 1.165) is 34.5 Å². The number of aromatic nitrogens is 2. The lowest BCUT2D eigenvalue weighted by atomic mass is 10.0. The van der Waals surface area contributed by atoms with E-state index in [0.29, 0.717) is 16.7 Å². The number of allylic oxidation sites excluding steroid dienone is 3. The van der Waals surface area contributed by atoms with Gasteiger partial charge in [-0.3, -0.25) is 0 Å². The fourth-order valence-corrected chi connectivity index (χ4v) is 3.94. The van der Waals surface area contributed by atoms with Crippen LogP contribution < -0.4 is 10.1 Å². The number of carbonyl (C=O) groups is 1. The molecule has 2 N–H and O–H groups in total. The molecule has 13 heteroatoms. The maximum absolute atomic E-state index is 13.6. The van der Waals surface area contributed by atoms with Gasteiger partial charge in [-0.1, -0.05) is 29.8 Å². The van der Waals surface area contributed by atoms with E-state index in [1.54, 1.807) is 44.2 Å². The van der Waals surface area contributed by atoms with Crippen LogP contribution >= 0.6 is 0 Å². The van der Waals surface area contributed by atoms with E-state index >= 15 is 0 Å². The van der Waals surface area contributed by atoms with Gasteiger partial charge >= 0.3 is 18.3 Å². The molecule has 3 rings (SSSR count). The molecule has 0 spiro atoms. The lowest BCUT2D eigenvalue weighted by Crippen LogP contribution is -2.13. The number of benzene rings is 2. The van der Waals surface area contributed by atoms with Gasteiger partial charge in [-0.15, -0.1) is 0 Å². The third kappa shape index (κ3) is 8.84. The molecule has 1 aromatic heterocycles. The van der Waals surface area contributed by atoms with Crippen molar-refractivity contribution in [2.24, 2.45) is 4.99 Å². The summed E-state index contributed by atoms with van der Waals surface area (Å²) >= 11 is 0. The summed E-state index contributed by atoms with van der Waals surface area (Å²) in [5.74, 6) is -1.29. The minimum Gasteiger partial charge on any atom is -0.497 e. The van der Waals surface area contributed by atoms with Gasteiger partial charge in [0.2, 0.25) is 0 Å². The number of nitrogens with zero attached hydrogens (tertiary/aromatic N) is 3. The molecular formula is C30H28F6N4O3. The van der Waals surface area contributed by atoms with Gasteiger partial charge in [-0.25, -0.2) is 14.5 Å². The first-order valence-electron chi connectivity index (χ1n) is 12.6. The summed E-state index contributed by atoms with van der Waals surface area (Å²) in [4.78, 5) is 15.6. The van der Waals surface area contributed by atoms with Crippen LogP contribution in [-0.2, 0) is 17.1 Å². The summed E-state index contributed by atoms with van der Waals surface area (Å²) < 4.78 is 87.3. The Morgan fingerprint density at radius 2 is 1.72 bits per heavy atom. The number of rotatable bonds is 8. The van der Waals surface area contributed by atoms with Gasteiger partial charge in [0, 0.05) is 29.1 Å². The third-order valence-corrected chi connectivity index (χ3v) is 5.74. The zero-order valence-corrected chi connectivity index (χ0v) is 23.7. The summed E-state index contributed by atoms with van der Waals surface area (Å²) in [6.45, 7) is 6.35. The van der Waals surface area contributed by atoms with Gasteiger partial charge in [0.25, 0.3) is 0 Å². The number of hydrogen-bond acceptors (Lipinski definition) is 4. The van der Waals surface area contributed by atoms with Crippen molar-refractivity contribution in [2.75, 3.05) is 12.4 Å². The van der Waals surface area contributed by atoms with E-state index in [9.17, 15) is 31.1 Å². The number of amidine groups is 1. The first-order valence-corrected chi connectivity index (χ1v) is 12.6. The van der Waals surface area contributed by atoms with E-state index in [4.69, 9.17) is 9.84 Å². The molecule has 0 unspecified atom stereocenters. The topological polar surface area (TPSA) is 88.7 Å². The minimum absolute atomic E-state index is 0.0231. The summed E-state index contributed by atoms with van der Waals surface area (Å²) in [6, 6.07) is 10.4. The van der Waals surface area contributed by atoms with Crippen molar-refractivity contribution >= 4 is 35.0 Å². The number of hydrogen-bond donors (Lipinski definition) is 2. The smallest absolute Gasteiger partial charge is 0.435 e. The molecule has 0 saturated carbocycles. The third-order valence-electron chi connectivity index (χ3n) is 5.74. The highest BCUT2D eigenvalue weighted by atomic mass is 19.4. The Hall–Kier alpha value is -4.81. The minimum atomic E-state index is -4.76. The number of aliphatic carboxylic acids is 1. The number of ether oxygens (including phenoxy) is 1. The van der Waals surface area contributed by atoms with E-state index in [1.807, 2.05) is 0 Å². The number of aryl methyl sites for hydroxylation is 1. The molecule has 3 aromatic rings. The molecule has 0 aliphatic rings. The van der Waals surface area contributed by atoms with Gasteiger partial charge < -0.3 is 15.2 Å². The molecule has 0 aliphatic carbocycles. The number of halogens is 6. The molecule has 7 nitrogen and oxygen atoms in total. The molecule has 0 bridgehead atoms. The fourth-order valence-electron chi connectivity index (χ4n) is 3.94. The monoisotopic (exact) mass is 606 g/mol. The molecule has 0 radical (unpaired) electrons. The largest absolute Gasteiger partial charge is 0.497 e. The summed E-state index contributed by atoms with van der Waals surface area (Å²) in [6.07, 6.45) is -5.48. The highest BCUT2D eigenvalue weighted by Gasteiger charge is 2.35. The van der Waals surface area contributed by atoms with E-state index in [-0.39, 0.29) is 28.8 Å². The van der Waals surface area contributed by atoms with Crippen LogP contribution in [0.25, 0.3) is 17.5 Å². The average Bonchev–Trinajstić information content (AvgIpc) is 3.30. The van der Waals surface area contributed by atoms with Gasteiger partial charge in [-0.05, 0) is 69.2 Å². The molecule has 0 fully saturated rings. The quantitative estimate of drug-likeness (QED) is 0.0888. The molecular weight excluding hydrogens is 578 g/mol. The van der Waals surface area contributed by atoms with Crippen LogP contribution in [-0.4, -0.2) is 33.8 Å². The predicted molar refractivity (Wildman–Crippen MR) is 152 cm³/mol. The second-order valence-corrected chi connectivity index (χ2v) is 9.61.